The van der Waals surface area contributed by atoms with Gasteiger partial charge in [-0.2, -0.15) is 0 Å². The minimum absolute atomic E-state index is 0.133. The summed E-state index contributed by atoms with van der Waals surface area (Å²) in [5.41, 5.74) is 6.31. The van der Waals surface area contributed by atoms with Gasteiger partial charge in [-0.1, -0.05) is 12.1 Å². The molecule has 10 heteroatoms. The lowest BCUT2D eigenvalue weighted by molar-refractivity contribution is -0.492. The highest BCUT2D eigenvalue weighted by Gasteiger charge is 2.20. The van der Waals surface area contributed by atoms with Crippen molar-refractivity contribution in [1.29, 1.82) is 0 Å². The minimum atomic E-state index is -1.12. The molecule has 0 saturated carbocycles. The van der Waals surface area contributed by atoms with Crippen molar-refractivity contribution >= 4 is 12.1 Å². The first-order valence-corrected chi connectivity index (χ1v) is 8.23. The third-order valence-electron chi connectivity index (χ3n) is 3.49. The number of nitrogens with zero attached hydrogens (tertiary/aromatic N) is 1. The number of ether oxygens (including phenoxy) is 1. The van der Waals surface area contributed by atoms with Crippen molar-refractivity contribution < 1.29 is 34.7 Å². The number of nitrogens with one attached hydrogen (secondary N) is 1. The molecule has 1 rings (SSSR count). The molecule has 6 N–H and O–H groups in total. The Morgan fingerprint density at radius 3 is 2.42 bits per heavy atom. The molecule has 0 bridgehead atoms. The number of hydrogen-bond donors (Lipinski definition) is 5. The Kier molecular flexibility index (Phi) is 10.2. The molecule has 0 aromatic heterocycles. The maximum atomic E-state index is 11.8. The second-order valence-corrected chi connectivity index (χ2v) is 5.54. The van der Waals surface area contributed by atoms with E-state index in [0.29, 0.717) is 32.2 Å². The van der Waals surface area contributed by atoms with Crippen LogP contribution in [-0.2, 0) is 16.1 Å². The number of aryl methyl sites for hydroxylation is 1. The summed E-state index contributed by atoms with van der Waals surface area (Å²) in [5, 5.41) is 27.9. The van der Waals surface area contributed by atoms with Crippen molar-refractivity contribution in [3.05, 3.63) is 29.8 Å². The highest BCUT2D eigenvalue weighted by molar-refractivity contribution is 5.80. The number of carboxylic acids is 1. The minimum Gasteiger partial charge on any atom is -0.480 e. The summed E-state index contributed by atoms with van der Waals surface area (Å²) >= 11 is 0. The summed E-state index contributed by atoms with van der Waals surface area (Å²) in [4.78, 5) is 27.4. The Hall–Kier alpha value is -2.24. The third-order valence-corrected chi connectivity index (χ3v) is 3.49. The maximum absolute atomic E-state index is 11.8. The Morgan fingerprint density at radius 1 is 1.15 bits per heavy atom. The van der Waals surface area contributed by atoms with Crippen LogP contribution in [0.3, 0.4) is 0 Å². The number of nitrogens with two attached hydrogens (primary N) is 1. The van der Waals surface area contributed by atoms with Gasteiger partial charge in [0.1, 0.15) is 11.8 Å². The van der Waals surface area contributed by atoms with E-state index in [1.54, 1.807) is 24.3 Å². The van der Waals surface area contributed by atoms with Crippen LogP contribution in [0.5, 0.6) is 5.75 Å². The first kappa shape index (κ1) is 21.8. The largest absolute Gasteiger partial charge is 0.480 e. The molecule has 10 nitrogen and oxygen atoms in total. The van der Waals surface area contributed by atoms with Crippen molar-refractivity contribution in [2.24, 2.45) is 5.73 Å². The van der Waals surface area contributed by atoms with Gasteiger partial charge in [0.25, 0.3) is 0 Å². The quantitative estimate of drug-likeness (QED) is 0.270. The van der Waals surface area contributed by atoms with E-state index < -0.39 is 18.1 Å². The van der Waals surface area contributed by atoms with Crippen molar-refractivity contribution in [2.75, 3.05) is 13.2 Å². The van der Waals surface area contributed by atoms with Gasteiger partial charge in [-0.05, 0) is 56.3 Å². The number of carbonyl (C=O) groups excluding carboxylic acids is 1. The second-order valence-electron chi connectivity index (χ2n) is 5.54. The number of amides is 1. The van der Waals surface area contributed by atoms with Crippen LogP contribution in [-0.4, -0.2) is 52.2 Å². The van der Waals surface area contributed by atoms with Crippen LogP contribution < -0.4 is 15.8 Å². The van der Waals surface area contributed by atoms with E-state index >= 15 is 0 Å². The topological polar surface area (TPSA) is 155 Å². The predicted molar refractivity (Wildman–Crippen MR) is 89.6 cm³/mol. The van der Waals surface area contributed by atoms with Gasteiger partial charge in [0, 0.05) is 0 Å². The summed E-state index contributed by atoms with van der Waals surface area (Å²) in [6.07, 6.45) is 1.90. The average molecular weight is 371 g/mol. The van der Waals surface area contributed by atoms with Crippen molar-refractivity contribution in [3.63, 3.8) is 0 Å². The second kappa shape index (κ2) is 12.2. The summed E-state index contributed by atoms with van der Waals surface area (Å²) in [6.45, 7) is 0.599. The van der Waals surface area contributed by atoms with Crippen LogP contribution >= 0.6 is 0 Å². The van der Waals surface area contributed by atoms with Gasteiger partial charge in [-0.15, -0.1) is 0 Å². The number of unbranched alkanes of at least 4 members (excludes halogenated alkanes) is 1. The van der Waals surface area contributed by atoms with Crippen molar-refractivity contribution in [3.8, 4) is 5.75 Å². The van der Waals surface area contributed by atoms with E-state index in [0.717, 1.165) is 5.56 Å². The molecule has 0 spiro atoms. The zero-order valence-corrected chi connectivity index (χ0v) is 14.3. The zero-order valence-electron chi connectivity index (χ0n) is 14.3. The molecule has 1 atom stereocenters. The molecule has 0 aliphatic rings. The van der Waals surface area contributed by atoms with Crippen LogP contribution in [0.2, 0.25) is 0 Å². The standard InChI is InChI=1S/C16H25N3O7/c17-10-2-1-5-14(15(20)21)18-16(22)26-13-8-6-12(7-9-13)4-3-11-25-19(23)24/h6-9,14,23-24H,1-5,10-11,17H2,(H,18,22)(H,20,21). The molecule has 1 unspecified atom stereocenters. The summed E-state index contributed by atoms with van der Waals surface area (Å²) in [5.74, 6) is -0.841. The molecule has 0 fully saturated rings. The molecule has 0 radical (unpaired) electrons. The first-order valence-electron chi connectivity index (χ1n) is 8.23. The van der Waals surface area contributed by atoms with Crippen LogP contribution in [0, 0.1) is 0 Å². The van der Waals surface area contributed by atoms with E-state index in [2.05, 4.69) is 10.2 Å². The molecular weight excluding hydrogens is 346 g/mol. The van der Waals surface area contributed by atoms with Gasteiger partial charge >= 0.3 is 12.1 Å². The van der Waals surface area contributed by atoms with E-state index in [4.69, 9.17) is 26.0 Å². The van der Waals surface area contributed by atoms with Crippen LogP contribution in [0.25, 0.3) is 0 Å². The fourth-order valence-electron chi connectivity index (χ4n) is 2.18. The number of carboxylic acid groups (broad SMARTS) is 1. The van der Waals surface area contributed by atoms with E-state index in [1.807, 2.05) is 0 Å². The summed E-state index contributed by atoms with van der Waals surface area (Å²) in [7, 11) is 0. The van der Waals surface area contributed by atoms with Crippen LogP contribution in [0.15, 0.2) is 24.3 Å². The van der Waals surface area contributed by atoms with Gasteiger partial charge in [0.05, 0.1) is 12.0 Å². The molecule has 1 amide bonds. The van der Waals surface area contributed by atoms with Gasteiger partial charge in [0.15, 0.2) is 0 Å². The molecule has 1 aromatic carbocycles. The lowest BCUT2D eigenvalue weighted by Gasteiger charge is -2.14. The molecule has 0 heterocycles. The molecule has 146 valence electrons. The summed E-state index contributed by atoms with van der Waals surface area (Å²) in [6, 6.07) is 5.64. The highest BCUT2D eigenvalue weighted by atomic mass is 17.1. The van der Waals surface area contributed by atoms with E-state index in [-0.39, 0.29) is 24.2 Å². The fourth-order valence-corrected chi connectivity index (χ4v) is 2.18. The molecule has 26 heavy (non-hydrogen) atoms. The Labute approximate surface area is 151 Å². The number of carbonyl (C=O) groups is 2. The molecule has 0 aliphatic carbocycles. The normalized spacial score (nSPS) is 12.0. The van der Waals surface area contributed by atoms with Gasteiger partial charge in [-0.25, -0.2) is 9.59 Å². The lowest BCUT2D eigenvalue weighted by Crippen LogP contribution is -2.42. The predicted octanol–water partition coefficient (Wildman–Crippen LogP) is 1.30. The first-order chi connectivity index (χ1) is 12.4. The van der Waals surface area contributed by atoms with Gasteiger partial charge in [0.2, 0.25) is 0 Å². The van der Waals surface area contributed by atoms with Crippen molar-refractivity contribution in [2.45, 2.75) is 38.1 Å². The van der Waals surface area contributed by atoms with Crippen LogP contribution in [0.1, 0.15) is 31.2 Å². The Balaban J connectivity index is 2.42. The van der Waals surface area contributed by atoms with Crippen LogP contribution in [0.4, 0.5) is 4.79 Å². The average Bonchev–Trinajstić information content (AvgIpc) is 2.59. The number of hydrogen-bond acceptors (Lipinski definition) is 8. The third kappa shape index (κ3) is 9.30. The Bertz CT molecular complexity index is 551. The van der Waals surface area contributed by atoms with Gasteiger partial charge < -0.3 is 20.9 Å². The van der Waals surface area contributed by atoms with Gasteiger partial charge in [-0.3, -0.25) is 15.3 Å². The highest BCUT2D eigenvalue weighted by Crippen LogP contribution is 2.14. The van der Waals surface area contributed by atoms with E-state index in [1.165, 1.54) is 0 Å². The number of aliphatic carboxylic acids is 1. The molecule has 0 saturated heterocycles. The molecular formula is C16H25N3O7. The summed E-state index contributed by atoms with van der Waals surface area (Å²) < 4.78 is 5.08. The zero-order chi connectivity index (χ0) is 19.4. The number of benzene rings is 1. The SMILES string of the molecule is NCCCCC(NC(=O)Oc1ccc(CCCON(O)O)cc1)C(=O)O. The van der Waals surface area contributed by atoms with E-state index in [9.17, 15) is 9.59 Å². The van der Waals surface area contributed by atoms with Crippen molar-refractivity contribution in [1.82, 2.24) is 10.7 Å². The lowest BCUT2D eigenvalue weighted by atomic mass is 10.1. The monoisotopic (exact) mass is 371 g/mol. The maximum Gasteiger partial charge on any atom is 0.413 e. The number of rotatable bonds is 12. The fraction of sp³-hybridized carbons (Fsp3) is 0.500. The Morgan fingerprint density at radius 2 is 1.85 bits per heavy atom. The molecule has 0 aliphatic heterocycles. The smallest absolute Gasteiger partial charge is 0.413 e. The molecule has 1 aromatic rings.